The van der Waals surface area contributed by atoms with E-state index < -0.39 is 46.7 Å². The highest BCUT2D eigenvalue weighted by Gasteiger charge is 2.35. The van der Waals surface area contributed by atoms with Crippen molar-refractivity contribution in [2.45, 2.75) is 25.7 Å². The van der Waals surface area contributed by atoms with Crippen LogP contribution in [0.2, 0.25) is 0 Å². The Bertz CT molecular complexity index is 1070. The molecule has 2 rings (SSSR count). The predicted octanol–water partition coefficient (Wildman–Crippen LogP) is -1.37. The van der Waals surface area contributed by atoms with Gasteiger partial charge in [-0.25, -0.2) is 8.42 Å². The lowest BCUT2D eigenvalue weighted by Gasteiger charge is -2.42. The van der Waals surface area contributed by atoms with Crippen molar-refractivity contribution in [3.8, 4) is 0 Å². The van der Waals surface area contributed by atoms with Gasteiger partial charge in [0.15, 0.2) is 0 Å². The molecule has 14 nitrogen and oxygen atoms in total. The number of aliphatic hydroxyl groups is 1. The lowest BCUT2D eigenvalue weighted by Crippen LogP contribution is -2.59. The zero-order valence-corrected chi connectivity index (χ0v) is 23.8. The molecule has 1 aliphatic heterocycles. The minimum absolute atomic E-state index is 0.0257. The molecule has 4 N–H and O–H groups in total. The number of sulfonamides is 1. The molecule has 15 heteroatoms. The number of carboxylic acid groups (broad SMARTS) is 3. The molecule has 2 atom stereocenters. The molecule has 40 heavy (non-hydrogen) atoms. The molecule has 1 fully saturated rings. The maximum Gasteiger partial charge on any atom is 0.317 e. The van der Waals surface area contributed by atoms with Gasteiger partial charge in [0.05, 0.1) is 38.2 Å². The molecule has 0 amide bonds. The second-order valence-electron chi connectivity index (χ2n) is 10.1. The Hall–Kier alpha value is -2.66. The van der Waals surface area contributed by atoms with E-state index in [-0.39, 0.29) is 72.0 Å². The van der Waals surface area contributed by atoms with Crippen LogP contribution in [0.15, 0.2) is 30.3 Å². The molecule has 0 aromatic heterocycles. The van der Waals surface area contributed by atoms with E-state index in [0.717, 1.165) is 6.26 Å². The molecule has 0 bridgehead atoms. The number of aliphatic hydroxyl groups excluding tert-OH is 1. The number of β-amino-alcohol motifs (C(OH)–C–C–N with tert-alkyl or cyclic N) is 1. The SMILES string of the molecule is CC(O)CN1CCN(CC(=O)O)CCN(CC(=O)O)CCN(CC(=O)O)C(N(Cc2ccccc2)S(C)(=O)=O)C1. The van der Waals surface area contributed by atoms with E-state index in [1.165, 1.54) is 9.21 Å². The minimum Gasteiger partial charge on any atom is -0.480 e. The normalized spacial score (nSPS) is 20.4. The number of carbonyl (C=O) groups is 3. The van der Waals surface area contributed by atoms with E-state index >= 15 is 0 Å². The van der Waals surface area contributed by atoms with Crippen LogP contribution in [-0.2, 0) is 31.0 Å². The van der Waals surface area contributed by atoms with Crippen LogP contribution in [0, 0.1) is 0 Å². The zero-order valence-electron chi connectivity index (χ0n) is 23.0. The summed E-state index contributed by atoms with van der Waals surface area (Å²) < 4.78 is 27.6. The topological polar surface area (TPSA) is 182 Å². The van der Waals surface area contributed by atoms with E-state index in [1.807, 2.05) is 0 Å². The molecule has 1 heterocycles. The van der Waals surface area contributed by atoms with Crippen molar-refractivity contribution in [2.75, 3.05) is 78.2 Å². The third kappa shape index (κ3) is 12.2. The average molecular weight is 588 g/mol. The van der Waals surface area contributed by atoms with Crippen LogP contribution >= 0.6 is 0 Å². The standard InChI is InChI=1S/C25H41N5O9S/c1-20(31)14-28-11-10-26(17-23(32)33)8-9-27(18-24(34)35)12-13-29(19-25(36)37)22(16-28)30(40(2,38)39)15-21-6-4-3-5-7-21/h3-7,20,22,31H,8-19H2,1-2H3,(H,32,33)(H,34,35)(H,36,37). The first-order valence-electron chi connectivity index (χ1n) is 13.0. The van der Waals surface area contributed by atoms with E-state index in [2.05, 4.69) is 0 Å². The van der Waals surface area contributed by atoms with E-state index in [1.54, 1.807) is 52.0 Å². The monoisotopic (exact) mass is 587 g/mol. The Morgan fingerprint density at radius 2 is 1.32 bits per heavy atom. The van der Waals surface area contributed by atoms with Crippen LogP contribution in [0.5, 0.6) is 0 Å². The third-order valence-electron chi connectivity index (χ3n) is 6.53. The van der Waals surface area contributed by atoms with Crippen LogP contribution in [0.1, 0.15) is 12.5 Å². The minimum atomic E-state index is -3.89. The molecule has 0 radical (unpaired) electrons. The van der Waals surface area contributed by atoms with Crippen molar-refractivity contribution in [1.29, 1.82) is 0 Å². The molecule has 1 aromatic carbocycles. The van der Waals surface area contributed by atoms with Gasteiger partial charge in [0.25, 0.3) is 0 Å². The van der Waals surface area contributed by atoms with Crippen molar-refractivity contribution in [3.05, 3.63) is 35.9 Å². The Labute approximate surface area is 235 Å². The highest BCUT2D eigenvalue weighted by Crippen LogP contribution is 2.18. The summed E-state index contributed by atoms with van der Waals surface area (Å²) in [5.74, 6) is -3.32. The molecule has 1 saturated heterocycles. The van der Waals surface area contributed by atoms with Gasteiger partial charge < -0.3 is 20.4 Å². The van der Waals surface area contributed by atoms with Gasteiger partial charge in [-0.3, -0.25) is 34.0 Å². The lowest BCUT2D eigenvalue weighted by atomic mass is 10.2. The summed E-state index contributed by atoms with van der Waals surface area (Å²) in [4.78, 5) is 41.5. The summed E-state index contributed by atoms with van der Waals surface area (Å²) in [6, 6.07) is 8.87. The highest BCUT2D eigenvalue weighted by atomic mass is 32.2. The van der Waals surface area contributed by atoms with Gasteiger partial charge in [0, 0.05) is 58.9 Å². The molecule has 0 aliphatic carbocycles. The number of benzene rings is 1. The fourth-order valence-electron chi connectivity index (χ4n) is 4.72. The summed E-state index contributed by atoms with van der Waals surface area (Å²) in [6.07, 6.45) is -0.722. The number of aliphatic carboxylic acids is 3. The number of rotatable bonds is 12. The van der Waals surface area contributed by atoms with Crippen LogP contribution in [0.3, 0.4) is 0 Å². The van der Waals surface area contributed by atoms with Gasteiger partial charge in [-0.2, -0.15) is 4.31 Å². The smallest absolute Gasteiger partial charge is 0.317 e. The van der Waals surface area contributed by atoms with Gasteiger partial charge in [-0.15, -0.1) is 0 Å². The van der Waals surface area contributed by atoms with E-state index in [9.17, 15) is 43.2 Å². The molecule has 1 aromatic rings. The van der Waals surface area contributed by atoms with E-state index in [0.29, 0.717) is 5.56 Å². The summed E-state index contributed by atoms with van der Waals surface area (Å²) in [5.41, 5.74) is 0.691. The number of nitrogens with zero attached hydrogens (tertiary/aromatic N) is 5. The summed E-state index contributed by atoms with van der Waals surface area (Å²) >= 11 is 0. The Balaban J connectivity index is 2.57. The van der Waals surface area contributed by atoms with Crippen molar-refractivity contribution in [3.63, 3.8) is 0 Å². The maximum atomic E-state index is 13.2. The number of hydrogen-bond donors (Lipinski definition) is 4. The molecule has 226 valence electrons. The van der Waals surface area contributed by atoms with Gasteiger partial charge in [0.1, 0.15) is 0 Å². The summed E-state index contributed by atoms with van der Waals surface area (Å²) in [6.45, 7) is 1.72. The Kier molecular flexibility index (Phi) is 13.4. The molecular formula is C25H41N5O9S. The Morgan fingerprint density at radius 1 is 0.850 bits per heavy atom. The first kappa shape index (κ1) is 33.5. The molecule has 0 saturated carbocycles. The predicted molar refractivity (Wildman–Crippen MR) is 146 cm³/mol. The molecule has 1 aliphatic rings. The van der Waals surface area contributed by atoms with Crippen LogP contribution in [0.25, 0.3) is 0 Å². The van der Waals surface area contributed by atoms with Crippen molar-refractivity contribution in [2.24, 2.45) is 0 Å². The maximum absolute atomic E-state index is 13.2. The van der Waals surface area contributed by atoms with Crippen molar-refractivity contribution >= 4 is 27.9 Å². The van der Waals surface area contributed by atoms with Crippen molar-refractivity contribution < 1.29 is 43.2 Å². The Morgan fingerprint density at radius 3 is 1.77 bits per heavy atom. The quantitative estimate of drug-likeness (QED) is 0.225. The largest absolute Gasteiger partial charge is 0.480 e. The van der Waals surface area contributed by atoms with Gasteiger partial charge >= 0.3 is 17.9 Å². The highest BCUT2D eigenvalue weighted by molar-refractivity contribution is 7.88. The second-order valence-corrected chi connectivity index (χ2v) is 12.0. The fourth-order valence-corrected chi connectivity index (χ4v) is 5.75. The fraction of sp³-hybridized carbons (Fsp3) is 0.640. The van der Waals surface area contributed by atoms with Crippen molar-refractivity contribution in [1.82, 2.24) is 23.9 Å². The number of carboxylic acids is 3. The van der Waals surface area contributed by atoms with Crippen LogP contribution in [-0.4, -0.2) is 161 Å². The first-order chi connectivity index (χ1) is 18.7. The lowest BCUT2D eigenvalue weighted by molar-refractivity contribution is -0.141. The van der Waals surface area contributed by atoms with Crippen LogP contribution < -0.4 is 0 Å². The zero-order chi connectivity index (χ0) is 29.9. The summed E-state index contributed by atoms with van der Waals surface area (Å²) in [7, 11) is -3.89. The van der Waals surface area contributed by atoms with Gasteiger partial charge in [-0.1, -0.05) is 30.3 Å². The van der Waals surface area contributed by atoms with E-state index in [4.69, 9.17) is 0 Å². The summed E-state index contributed by atoms with van der Waals surface area (Å²) in [5, 5.41) is 38.8. The van der Waals surface area contributed by atoms with Crippen LogP contribution in [0.4, 0.5) is 0 Å². The van der Waals surface area contributed by atoms with Gasteiger partial charge in [0.2, 0.25) is 10.0 Å². The molecule has 2 unspecified atom stereocenters. The van der Waals surface area contributed by atoms with Gasteiger partial charge in [-0.05, 0) is 12.5 Å². The average Bonchev–Trinajstić information content (AvgIpc) is 2.83. The third-order valence-corrected chi connectivity index (χ3v) is 7.75. The molecule has 0 spiro atoms. The number of hydrogen-bond acceptors (Lipinski definition) is 10. The second kappa shape index (κ2) is 16.0. The molecular weight excluding hydrogens is 546 g/mol. The first-order valence-corrected chi connectivity index (χ1v) is 14.8.